The normalized spacial score (nSPS) is 24.7. The smallest absolute Gasteiger partial charge is 0.305 e. The average molecular weight is 997 g/mol. The van der Waals surface area contributed by atoms with Gasteiger partial charge in [0.15, 0.2) is 18.1 Å². The molecule has 7 N–H and O–H groups in total. The number of carbonyl (C=O) groups is 2. The van der Waals surface area contributed by atoms with Crippen molar-refractivity contribution in [2.75, 3.05) is 25.1 Å². The van der Waals surface area contributed by atoms with Gasteiger partial charge in [0.05, 0.1) is 10.6 Å². The van der Waals surface area contributed by atoms with Crippen LogP contribution in [0, 0.1) is 10.1 Å². The van der Waals surface area contributed by atoms with Crippen LogP contribution in [0.4, 0.5) is 11.4 Å². The molecule has 0 spiro atoms. The Balaban J connectivity index is 1.02. The second-order valence-corrected chi connectivity index (χ2v) is 19.1. The zero-order valence-electron chi connectivity index (χ0n) is 41.5. The summed E-state index contributed by atoms with van der Waals surface area (Å²) in [4.78, 5) is 35.7. The Kier molecular flexibility index (Phi) is 28.6. The van der Waals surface area contributed by atoms with E-state index in [0.717, 1.165) is 57.8 Å². The molecule has 2 fully saturated rings. The van der Waals surface area contributed by atoms with Gasteiger partial charge < -0.3 is 59.6 Å². The fourth-order valence-electron chi connectivity index (χ4n) is 8.95. The van der Waals surface area contributed by atoms with E-state index in [4.69, 9.17) is 23.7 Å². The van der Waals surface area contributed by atoms with E-state index in [0.29, 0.717) is 30.6 Å². The standard InChI is InChI=1S/C50H84N4O16/c1-2-3-4-5-6-7-8-9-10-11-12-13-14-15-16-17-19-22-25-28-39(55)65-33-37-43(57)45(59)47(61)49(67-37)69-50-48(62)46(60)44(58)38(68-50)34-66-40(56)29-26-23-20-18-21-24-27-32-51-35-30-31-36(54(63)64)42-41(35)52-70-53-42/h30-31,37-38,43-51,57-62H,2-29,32-34H2,1H3/t37-,38-,43-,44-,45+,46+,47-,48-,49-,50-/m1/s1. The number of hydrogen-bond donors (Lipinski definition) is 7. The Morgan fingerprint density at radius 2 is 0.943 bits per heavy atom. The van der Waals surface area contributed by atoms with Crippen LogP contribution in [0.5, 0.6) is 0 Å². The first-order valence-electron chi connectivity index (χ1n) is 26.4. The Morgan fingerprint density at radius 3 is 1.36 bits per heavy atom. The molecule has 0 aliphatic carbocycles. The molecular formula is C50H84N4O16. The van der Waals surface area contributed by atoms with Crippen molar-refractivity contribution in [1.82, 2.24) is 10.3 Å². The number of aliphatic hydroxyl groups is 6. The van der Waals surface area contributed by atoms with Gasteiger partial charge in [-0.15, -0.1) is 0 Å². The molecule has 1 aromatic heterocycles. The van der Waals surface area contributed by atoms with Gasteiger partial charge in [0, 0.05) is 25.5 Å². The van der Waals surface area contributed by atoms with Crippen LogP contribution in [-0.4, -0.2) is 139 Å². The molecule has 20 heteroatoms. The summed E-state index contributed by atoms with van der Waals surface area (Å²) < 4.78 is 32.2. The van der Waals surface area contributed by atoms with Crippen molar-refractivity contribution >= 4 is 34.3 Å². The number of unbranched alkanes of at least 4 members (excludes halogenated alkanes) is 24. The lowest BCUT2D eigenvalue weighted by Crippen LogP contribution is -2.64. The summed E-state index contributed by atoms with van der Waals surface area (Å²) in [5, 5.41) is 85.5. The van der Waals surface area contributed by atoms with Crippen LogP contribution in [-0.2, 0) is 33.3 Å². The van der Waals surface area contributed by atoms with Gasteiger partial charge in [-0.2, -0.15) is 0 Å². The largest absolute Gasteiger partial charge is 0.463 e. The SMILES string of the molecule is CCCCCCCCCCCCCCCCCCCCCC(=O)OC[C@H]1O[C@H](O[C@H]2O[C@H](COC(=O)CCCCCCCCCNc3ccc([N+](=O)[O-])c4nonc34)[C@@H](O)[C@H](O)[C@H]2O)[C@H](O)[C@@H](O)[C@@H]1O. The number of aliphatic hydroxyl groups excluding tert-OH is 6. The molecule has 0 amide bonds. The number of nitro groups is 1. The average Bonchev–Trinajstić information content (AvgIpc) is 3.85. The second kappa shape index (κ2) is 33.9. The molecule has 0 bridgehead atoms. The number of nitrogens with zero attached hydrogens (tertiary/aromatic N) is 3. The lowest BCUT2D eigenvalue weighted by molar-refractivity contribution is -0.383. The van der Waals surface area contributed by atoms with Gasteiger partial charge >= 0.3 is 17.6 Å². The third-order valence-corrected chi connectivity index (χ3v) is 13.4. The number of carbonyl (C=O) groups excluding carboxylic acids is 2. The second-order valence-electron chi connectivity index (χ2n) is 19.1. The van der Waals surface area contributed by atoms with Crippen LogP contribution in [0.2, 0.25) is 0 Å². The van der Waals surface area contributed by atoms with E-state index >= 15 is 0 Å². The predicted octanol–water partition coefficient (Wildman–Crippen LogP) is 7.20. The van der Waals surface area contributed by atoms with E-state index in [1.165, 1.54) is 102 Å². The maximum absolute atomic E-state index is 12.5. The lowest BCUT2D eigenvalue weighted by Gasteiger charge is -2.44. The molecule has 4 rings (SSSR count). The maximum atomic E-state index is 12.5. The minimum Gasteiger partial charge on any atom is -0.463 e. The first kappa shape index (κ1) is 59.0. The van der Waals surface area contributed by atoms with E-state index in [1.807, 2.05) is 0 Å². The van der Waals surface area contributed by atoms with Crippen molar-refractivity contribution in [3.8, 4) is 0 Å². The number of ether oxygens (including phenoxy) is 5. The molecule has 70 heavy (non-hydrogen) atoms. The molecule has 10 atom stereocenters. The molecule has 20 nitrogen and oxygen atoms in total. The molecular weight excluding hydrogens is 913 g/mol. The highest BCUT2D eigenvalue weighted by atomic mass is 16.8. The molecule has 0 saturated carbocycles. The van der Waals surface area contributed by atoms with Crippen molar-refractivity contribution in [2.45, 2.75) is 248 Å². The number of aromatic nitrogens is 2. The molecule has 0 unspecified atom stereocenters. The van der Waals surface area contributed by atoms with E-state index in [2.05, 4.69) is 27.2 Å². The van der Waals surface area contributed by atoms with Gasteiger partial charge in [-0.05, 0) is 35.6 Å². The highest BCUT2D eigenvalue weighted by Crippen LogP contribution is 2.30. The molecule has 400 valence electrons. The summed E-state index contributed by atoms with van der Waals surface area (Å²) in [5.74, 6) is -1.06. The van der Waals surface area contributed by atoms with Crippen molar-refractivity contribution in [3.63, 3.8) is 0 Å². The van der Waals surface area contributed by atoms with Gasteiger partial charge in [-0.3, -0.25) is 19.7 Å². The Hall–Kier alpha value is -3.60. The number of esters is 2. The van der Waals surface area contributed by atoms with Crippen LogP contribution in [0.3, 0.4) is 0 Å². The number of hydrogen-bond acceptors (Lipinski definition) is 19. The van der Waals surface area contributed by atoms with E-state index in [9.17, 15) is 50.3 Å². The van der Waals surface area contributed by atoms with Crippen molar-refractivity contribution < 1.29 is 73.5 Å². The third-order valence-electron chi connectivity index (χ3n) is 13.4. The van der Waals surface area contributed by atoms with Crippen molar-refractivity contribution in [3.05, 3.63) is 22.2 Å². The van der Waals surface area contributed by atoms with Crippen LogP contribution in [0.1, 0.15) is 187 Å². The molecule has 0 radical (unpaired) electrons. The van der Waals surface area contributed by atoms with E-state index in [-0.39, 0.29) is 24.0 Å². The monoisotopic (exact) mass is 997 g/mol. The minimum atomic E-state index is -1.84. The number of anilines is 1. The molecule has 2 aliphatic rings. The highest BCUT2D eigenvalue weighted by molar-refractivity contribution is 5.93. The fourth-order valence-corrected chi connectivity index (χ4v) is 8.95. The van der Waals surface area contributed by atoms with E-state index in [1.54, 1.807) is 6.07 Å². The Bertz CT molecular complexity index is 1760. The predicted molar refractivity (Wildman–Crippen MR) is 258 cm³/mol. The van der Waals surface area contributed by atoms with Crippen LogP contribution < -0.4 is 5.32 Å². The minimum absolute atomic E-state index is 0.0926. The van der Waals surface area contributed by atoms with Crippen LogP contribution in [0.15, 0.2) is 16.8 Å². The first-order valence-corrected chi connectivity index (χ1v) is 26.4. The molecule has 2 saturated heterocycles. The van der Waals surface area contributed by atoms with E-state index < -0.39 is 91.5 Å². The number of rotatable bonds is 38. The molecule has 1 aromatic carbocycles. The van der Waals surface area contributed by atoms with Crippen molar-refractivity contribution in [1.29, 1.82) is 0 Å². The summed E-state index contributed by atoms with van der Waals surface area (Å²) in [7, 11) is 0. The number of non-ortho nitro benzene ring substituents is 1. The van der Waals surface area contributed by atoms with Gasteiger partial charge in [0.25, 0.3) is 0 Å². The summed E-state index contributed by atoms with van der Waals surface area (Å²) in [6, 6.07) is 2.94. The summed E-state index contributed by atoms with van der Waals surface area (Å²) in [6.07, 6.45) is 13.2. The zero-order valence-corrected chi connectivity index (χ0v) is 41.5. The zero-order chi connectivity index (χ0) is 50.5. The lowest BCUT2D eigenvalue weighted by atomic mass is 9.98. The summed E-state index contributed by atoms with van der Waals surface area (Å²) >= 11 is 0. The Morgan fingerprint density at radius 1 is 0.557 bits per heavy atom. The van der Waals surface area contributed by atoms with Gasteiger partial charge in [-0.25, -0.2) is 4.63 Å². The van der Waals surface area contributed by atoms with Gasteiger partial charge in [0.1, 0.15) is 62.0 Å². The fraction of sp³-hybridized carbons (Fsp3) is 0.840. The summed E-state index contributed by atoms with van der Waals surface area (Å²) in [6.45, 7) is 1.96. The summed E-state index contributed by atoms with van der Waals surface area (Å²) in [5.41, 5.74) is 0.834. The Labute approximate surface area is 412 Å². The number of fused-ring (bicyclic) bond motifs is 1. The molecule has 2 aromatic rings. The first-order chi connectivity index (χ1) is 33.9. The van der Waals surface area contributed by atoms with Crippen LogP contribution >= 0.6 is 0 Å². The van der Waals surface area contributed by atoms with Gasteiger partial charge in [0.2, 0.25) is 5.52 Å². The van der Waals surface area contributed by atoms with Gasteiger partial charge in [-0.1, -0.05) is 155 Å². The number of nitro benzene ring substituents is 1. The topological polar surface area (TPSA) is 296 Å². The number of nitrogens with one attached hydrogen (secondary N) is 1. The number of benzene rings is 1. The highest BCUT2D eigenvalue weighted by Gasteiger charge is 2.50. The molecule has 3 heterocycles. The molecule has 2 aliphatic heterocycles. The van der Waals surface area contributed by atoms with Crippen molar-refractivity contribution in [2.24, 2.45) is 0 Å². The maximum Gasteiger partial charge on any atom is 0.305 e. The third kappa shape index (κ3) is 20.9. The quantitative estimate of drug-likeness (QED) is 0.0151. The van der Waals surface area contributed by atoms with Crippen LogP contribution in [0.25, 0.3) is 11.0 Å².